The molecule has 2 aliphatic rings. The summed E-state index contributed by atoms with van der Waals surface area (Å²) in [5, 5.41) is 3.91. The highest BCUT2D eigenvalue weighted by Gasteiger charge is 2.29. The van der Waals surface area contributed by atoms with Crippen molar-refractivity contribution in [3.8, 4) is 11.5 Å². The third kappa shape index (κ3) is 5.52. The number of nitrogens with one attached hydrogen (secondary N) is 1. The lowest BCUT2D eigenvalue weighted by atomic mass is 9.93. The lowest BCUT2D eigenvalue weighted by Gasteiger charge is -2.37. The zero-order valence-corrected chi connectivity index (χ0v) is 16.6. The zero-order chi connectivity index (χ0) is 20.1. The van der Waals surface area contributed by atoms with Crippen LogP contribution in [0, 0.1) is 0 Å². The first kappa shape index (κ1) is 20.8. The van der Waals surface area contributed by atoms with Gasteiger partial charge in [0.15, 0.2) is 0 Å². The number of nitrogens with zero attached hydrogens (tertiary/aromatic N) is 1. The van der Waals surface area contributed by atoms with Crippen LogP contribution in [0.25, 0.3) is 0 Å². The number of rotatable bonds is 3. The van der Waals surface area contributed by atoms with Gasteiger partial charge in [-0.2, -0.15) is 8.42 Å². The molecule has 0 bridgehead atoms. The second kappa shape index (κ2) is 9.02. The van der Waals surface area contributed by atoms with Gasteiger partial charge in [0.1, 0.15) is 11.5 Å². The molecule has 0 saturated carbocycles. The SMILES string of the molecule is CCN1CCCC(NC2c3ccccc3Oc3ccccc32)C1.O=S(=O)(O)O. The number of hydrogen-bond donors (Lipinski definition) is 3. The minimum atomic E-state index is -4.67. The molecular formula is C20H26N2O5S. The summed E-state index contributed by atoms with van der Waals surface area (Å²) in [6, 6.07) is 17.6. The Morgan fingerprint density at radius 2 is 1.61 bits per heavy atom. The van der Waals surface area contributed by atoms with Crippen LogP contribution in [-0.4, -0.2) is 48.1 Å². The van der Waals surface area contributed by atoms with E-state index < -0.39 is 10.4 Å². The average Bonchev–Trinajstić information content (AvgIpc) is 2.67. The molecule has 28 heavy (non-hydrogen) atoms. The van der Waals surface area contributed by atoms with E-state index in [0.29, 0.717) is 6.04 Å². The molecule has 2 aromatic rings. The van der Waals surface area contributed by atoms with Crippen molar-refractivity contribution in [2.45, 2.75) is 31.8 Å². The number of piperidine rings is 1. The topological polar surface area (TPSA) is 99.1 Å². The molecule has 1 fully saturated rings. The van der Waals surface area contributed by atoms with Crippen molar-refractivity contribution in [3.05, 3.63) is 59.7 Å². The molecule has 1 saturated heterocycles. The van der Waals surface area contributed by atoms with Crippen LogP contribution >= 0.6 is 0 Å². The summed E-state index contributed by atoms with van der Waals surface area (Å²) in [6.45, 7) is 5.76. The molecular weight excluding hydrogens is 380 g/mol. The normalized spacial score (nSPS) is 19.6. The fourth-order valence-electron chi connectivity index (χ4n) is 3.80. The van der Waals surface area contributed by atoms with Crippen LogP contribution in [0.5, 0.6) is 11.5 Å². The van der Waals surface area contributed by atoms with Crippen molar-refractivity contribution in [2.24, 2.45) is 0 Å². The summed E-state index contributed by atoms with van der Waals surface area (Å²) in [6.07, 6.45) is 2.52. The molecule has 3 N–H and O–H groups in total. The number of hydrogen-bond acceptors (Lipinski definition) is 5. The second-order valence-corrected chi connectivity index (χ2v) is 7.85. The van der Waals surface area contributed by atoms with Crippen LogP contribution in [0.4, 0.5) is 0 Å². The third-order valence-corrected chi connectivity index (χ3v) is 5.04. The number of benzene rings is 2. The van der Waals surface area contributed by atoms with Crippen LogP contribution in [0.3, 0.4) is 0 Å². The van der Waals surface area contributed by atoms with Gasteiger partial charge < -0.3 is 15.0 Å². The van der Waals surface area contributed by atoms with Crippen molar-refractivity contribution in [1.82, 2.24) is 10.2 Å². The maximum absolute atomic E-state index is 8.74. The lowest BCUT2D eigenvalue weighted by molar-refractivity contribution is 0.192. The van der Waals surface area contributed by atoms with Gasteiger partial charge in [0.2, 0.25) is 0 Å². The Labute approximate surface area is 165 Å². The van der Waals surface area contributed by atoms with Gasteiger partial charge in [0, 0.05) is 23.7 Å². The molecule has 0 aromatic heterocycles. The summed E-state index contributed by atoms with van der Waals surface area (Å²) < 4.78 is 37.7. The number of ether oxygens (including phenoxy) is 1. The first-order valence-corrected chi connectivity index (χ1v) is 10.8. The molecule has 2 aliphatic heterocycles. The van der Waals surface area contributed by atoms with E-state index in [-0.39, 0.29) is 6.04 Å². The Bertz CT molecular complexity index is 849. The van der Waals surface area contributed by atoms with Gasteiger partial charge in [-0.25, -0.2) is 0 Å². The third-order valence-electron chi connectivity index (χ3n) is 5.04. The van der Waals surface area contributed by atoms with Crippen molar-refractivity contribution < 1.29 is 22.3 Å². The van der Waals surface area contributed by atoms with E-state index in [1.165, 1.54) is 30.5 Å². The van der Waals surface area contributed by atoms with Crippen molar-refractivity contribution in [2.75, 3.05) is 19.6 Å². The van der Waals surface area contributed by atoms with Gasteiger partial charge in [0.05, 0.1) is 6.04 Å². The molecule has 0 spiro atoms. The molecule has 2 aromatic carbocycles. The number of fused-ring (bicyclic) bond motifs is 2. The highest BCUT2D eigenvalue weighted by atomic mass is 32.3. The second-order valence-electron chi connectivity index (χ2n) is 6.96. The van der Waals surface area contributed by atoms with Gasteiger partial charge in [-0.3, -0.25) is 9.11 Å². The maximum atomic E-state index is 8.74. The van der Waals surface area contributed by atoms with Crippen LogP contribution in [-0.2, 0) is 10.4 Å². The molecule has 2 heterocycles. The first-order valence-electron chi connectivity index (χ1n) is 9.39. The first-order chi connectivity index (χ1) is 13.3. The monoisotopic (exact) mass is 406 g/mol. The van der Waals surface area contributed by atoms with E-state index in [2.05, 4.69) is 53.5 Å². The Kier molecular flexibility index (Phi) is 6.69. The largest absolute Gasteiger partial charge is 0.457 e. The van der Waals surface area contributed by atoms with Gasteiger partial charge in [-0.15, -0.1) is 0 Å². The molecule has 152 valence electrons. The highest BCUT2D eigenvalue weighted by Crippen LogP contribution is 2.42. The fourth-order valence-corrected chi connectivity index (χ4v) is 3.80. The molecule has 4 rings (SSSR count). The Balaban J connectivity index is 0.000000403. The summed E-state index contributed by atoms with van der Waals surface area (Å²) in [7, 11) is -4.67. The zero-order valence-electron chi connectivity index (χ0n) is 15.8. The average molecular weight is 407 g/mol. The smallest absolute Gasteiger partial charge is 0.394 e. The quantitative estimate of drug-likeness (QED) is 0.673. The van der Waals surface area contributed by atoms with Gasteiger partial charge in [-0.1, -0.05) is 43.3 Å². The number of likely N-dealkylation sites (tertiary alicyclic amines) is 1. The molecule has 1 atom stereocenters. The highest BCUT2D eigenvalue weighted by molar-refractivity contribution is 7.79. The maximum Gasteiger partial charge on any atom is 0.394 e. The van der Waals surface area contributed by atoms with Crippen molar-refractivity contribution in [3.63, 3.8) is 0 Å². The minimum Gasteiger partial charge on any atom is -0.457 e. The molecule has 0 amide bonds. The van der Waals surface area contributed by atoms with Gasteiger partial charge >= 0.3 is 10.4 Å². The number of likely N-dealkylation sites (N-methyl/N-ethyl adjacent to an activating group) is 1. The predicted octanol–water partition coefficient (Wildman–Crippen LogP) is 3.30. The standard InChI is InChI=1S/C20H24N2O.H2O4S/c1-2-22-13-7-8-15(14-22)21-20-16-9-3-5-11-18(16)23-19-12-6-4-10-17(19)20;1-5(2,3)4/h3-6,9-12,15,20-21H,2,7-8,13-14H2,1H3;(H2,1,2,3,4). The summed E-state index contributed by atoms with van der Waals surface area (Å²) in [4.78, 5) is 2.54. The Morgan fingerprint density at radius 1 is 1.07 bits per heavy atom. The van der Waals surface area contributed by atoms with E-state index in [4.69, 9.17) is 22.3 Å². The van der Waals surface area contributed by atoms with Crippen LogP contribution < -0.4 is 10.1 Å². The van der Waals surface area contributed by atoms with Crippen molar-refractivity contribution >= 4 is 10.4 Å². The predicted molar refractivity (Wildman–Crippen MR) is 107 cm³/mol. The Morgan fingerprint density at radius 3 is 2.14 bits per heavy atom. The molecule has 0 aliphatic carbocycles. The van der Waals surface area contributed by atoms with E-state index in [9.17, 15) is 0 Å². The van der Waals surface area contributed by atoms with E-state index in [0.717, 1.165) is 24.6 Å². The minimum absolute atomic E-state index is 0.220. The van der Waals surface area contributed by atoms with Crippen LogP contribution in [0.2, 0.25) is 0 Å². The van der Waals surface area contributed by atoms with E-state index in [1.54, 1.807) is 0 Å². The van der Waals surface area contributed by atoms with Crippen molar-refractivity contribution in [1.29, 1.82) is 0 Å². The molecule has 1 unspecified atom stereocenters. The van der Waals surface area contributed by atoms with Crippen LogP contribution in [0.15, 0.2) is 48.5 Å². The molecule has 0 radical (unpaired) electrons. The Hall–Kier alpha value is -1.97. The van der Waals surface area contributed by atoms with E-state index >= 15 is 0 Å². The lowest BCUT2D eigenvalue weighted by Crippen LogP contribution is -2.47. The molecule has 8 heteroatoms. The molecule has 7 nitrogen and oxygen atoms in total. The fraction of sp³-hybridized carbons (Fsp3) is 0.400. The van der Waals surface area contributed by atoms with E-state index in [1.807, 2.05) is 12.1 Å². The summed E-state index contributed by atoms with van der Waals surface area (Å²) >= 11 is 0. The van der Waals surface area contributed by atoms with Gasteiger partial charge in [-0.05, 0) is 38.1 Å². The van der Waals surface area contributed by atoms with Crippen LogP contribution in [0.1, 0.15) is 36.9 Å². The summed E-state index contributed by atoms with van der Waals surface area (Å²) in [5.41, 5.74) is 2.50. The summed E-state index contributed by atoms with van der Waals surface area (Å²) in [5.74, 6) is 1.96. The van der Waals surface area contributed by atoms with Gasteiger partial charge in [0.25, 0.3) is 0 Å². The number of para-hydroxylation sites is 2.